The largest absolute Gasteiger partial charge is 0.329 e. The van der Waals surface area contributed by atoms with Crippen LogP contribution >= 0.6 is 0 Å². The van der Waals surface area contributed by atoms with Crippen LogP contribution in [0.4, 0.5) is 5.69 Å². The lowest BCUT2D eigenvalue weighted by atomic mass is 10.0. The van der Waals surface area contributed by atoms with E-state index in [1.807, 2.05) is 36.4 Å². The Labute approximate surface area is 111 Å². The van der Waals surface area contributed by atoms with Crippen molar-refractivity contribution in [3.63, 3.8) is 0 Å². The van der Waals surface area contributed by atoms with Crippen molar-refractivity contribution < 1.29 is 4.79 Å². The van der Waals surface area contributed by atoms with E-state index >= 15 is 0 Å². The van der Waals surface area contributed by atoms with Gasteiger partial charge < -0.3 is 5.32 Å². The zero-order valence-electron chi connectivity index (χ0n) is 10.3. The summed E-state index contributed by atoms with van der Waals surface area (Å²) in [7, 11) is 0. The van der Waals surface area contributed by atoms with Crippen LogP contribution in [0.5, 0.6) is 0 Å². The lowest BCUT2D eigenvalue weighted by Crippen LogP contribution is -1.92. The van der Waals surface area contributed by atoms with Gasteiger partial charge in [0.15, 0.2) is 0 Å². The summed E-state index contributed by atoms with van der Waals surface area (Å²) in [4.78, 5) is 10.4. The molecule has 2 nitrogen and oxygen atoms in total. The fraction of sp³-hybridized carbons (Fsp3) is 0. The molecule has 0 aliphatic rings. The number of amides is 1. The highest BCUT2D eigenvalue weighted by atomic mass is 16.1. The van der Waals surface area contributed by atoms with Gasteiger partial charge in [-0.3, -0.25) is 4.79 Å². The van der Waals surface area contributed by atoms with Crippen molar-refractivity contribution in [1.29, 1.82) is 0 Å². The monoisotopic (exact) mass is 247 g/mol. The van der Waals surface area contributed by atoms with Gasteiger partial charge in [-0.25, -0.2) is 0 Å². The second-order valence-electron chi connectivity index (χ2n) is 4.40. The quantitative estimate of drug-likeness (QED) is 0.694. The van der Waals surface area contributed by atoms with Crippen molar-refractivity contribution in [2.75, 3.05) is 5.32 Å². The van der Waals surface area contributed by atoms with Crippen molar-refractivity contribution >= 4 is 22.9 Å². The predicted octanol–water partition coefficient (Wildman–Crippen LogP) is 4.08. The lowest BCUT2D eigenvalue weighted by Gasteiger charge is -2.05. The van der Waals surface area contributed by atoms with Crippen LogP contribution < -0.4 is 5.32 Å². The molecular weight excluding hydrogens is 234 g/mol. The molecule has 2 heteroatoms. The maximum atomic E-state index is 10.4. The zero-order chi connectivity index (χ0) is 13.1. The molecule has 0 aliphatic heterocycles. The third-order valence-electron chi connectivity index (χ3n) is 3.19. The van der Waals surface area contributed by atoms with E-state index in [4.69, 9.17) is 0 Å². The molecule has 0 aromatic heterocycles. The van der Waals surface area contributed by atoms with Crippen LogP contribution in [0.3, 0.4) is 0 Å². The predicted molar refractivity (Wildman–Crippen MR) is 79.1 cm³/mol. The maximum Gasteiger partial charge on any atom is 0.211 e. The molecule has 0 saturated carbocycles. The van der Waals surface area contributed by atoms with Gasteiger partial charge in [0.25, 0.3) is 0 Å². The van der Waals surface area contributed by atoms with Crippen molar-refractivity contribution in [2.24, 2.45) is 0 Å². The summed E-state index contributed by atoms with van der Waals surface area (Å²) in [6.45, 7) is 0. The molecule has 0 atom stereocenters. The molecule has 1 N–H and O–H groups in total. The molecule has 0 heterocycles. The normalized spacial score (nSPS) is 10.3. The van der Waals surface area contributed by atoms with Crippen LogP contribution in [0.2, 0.25) is 0 Å². The number of hydrogen-bond acceptors (Lipinski definition) is 1. The van der Waals surface area contributed by atoms with Crippen molar-refractivity contribution in [3.8, 4) is 11.1 Å². The van der Waals surface area contributed by atoms with Gasteiger partial charge in [-0.05, 0) is 40.1 Å². The molecule has 3 aromatic rings. The highest BCUT2D eigenvalue weighted by Gasteiger charge is 1.99. The summed E-state index contributed by atoms with van der Waals surface area (Å²) in [6, 6.07) is 22.6. The van der Waals surface area contributed by atoms with Gasteiger partial charge in [0.2, 0.25) is 6.41 Å². The Kier molecular flexibility index (Phi) is 2.99. The summed E-state index contributed by atoms with van der Waals surface area (Å²) in [5.41, 5.74) is 3.12. The Morgan fingerprint density at radius 3 is 2.16 bits per heavy atom. The minimum atomic E-state index is 0.686. The van der Waals surface area contributed by atoms with Crippen LogP contribution in [-0.4, -0.2) is 6.41 Å². The van der Waals surface area contributed by atoms with Gasteiger partial charge in [0, 0.05) is 5.69 Å². The number of nitrogens with one attached hydrogen (secondary N) is 1. The molecular formula is C17H13NO. The van der Waals surface area contributed by atoms with Gasteiger partial charge in [-0.1, -0.05) is 48.5 Å². The highest BCUT2D eigenvalue weighted by Crippen LogP contribution is 2.25. The molecule has 0 saturated heterocycles. The van der Waals surface area contributed by atoms with Crippen molar-refractivity contribution in [3.05, 3.63) is 66.7 Å². The van der Waals surface area contributed by atoms with Crippen LogP contribution in [-0.2, 0) is 4.79 Å². The fourth-order valence-electron chi connectivity index (χ4n) is 2.20. The first-order valence-corrected chi connectivity index (χ1v) is 6.16. The van der Waals surface area contributed by atoms with E-state index in [0.717, 1.165) is 11.3 Å². The Hall–Kier alpha value is -2.61. The first-order valence-electron chi connectivity index (χ1n) is 6.16. The number of fused-ring (bicyclic) bond motifs is 1. The Bertz CT molecular complexity index is 717. The number of rotatable bonds is 3. The third-order valence-corrected chi connectivity index (χ3v) is 3.19. The van der Waals surface area contributed by atoms with Crippen molar-refractivity contribution in [2.45, 2.75) is 0 Å². The summed E-state index contributed by atoms with van der Waals surface area (Å²) in [5, 5.41) is 5.11. The molecule has 19 heavy (non-hydrogen) atoms. The second-order valence-corrected chi connectivity index (χ2v) is 4.40. The minimum Gasteiger partial charge on any atom is -0.329 e. The second kappa shape index (κ2) is 4.94. The third kappa shape index (κ3) is 2.33. The van der Waals surface area contributed by atoms with E-state index in [1.165, 1.54) is 16.3 Å². The molecule has 0 aliphatic carbocycles. The van der Waals surface area contributed by atoms with E-state index in [9.17, 15) is 4.79 Å². The van der Waals surface area contributed by atoms with E-state index in [-0.39, 0.29) is 0 Å². The summed E-state index contributed by atoms with van der Waals surface area (Å²) >= 11 is 0. The number of anilines is 1. The van der Waals surface area contributed by atoms with Gasteiger partial charge in [-0.15, -0.1) is 0 Å². The minimum absolute atomic E-state index is 0.686. The first-order chi connectivity index (χ1) is 9.36. The molecule has 1 amide bonds. The smallest absolute Gasteiger partial charge is 0.211 e. The molecule has 92 valence electrons. The number of carbonyl (C=O) groups excluding carboxylic acids is 1. The van der Waals surface area contributed by atoms with Crippen LogP contribution in [0, 0.1) is 0 Å². The summed E-state index contributed by atoms with van der Waals surface area (Å²) in [6.07, 6.45) is 0.686. The maximum absolute atomic E-state index is 10.4. The average Bonchev–Trinajstić information content (AvgIpc) is 2.48. The first kappa shape index (κ1) is 11.5. The molecule has 0 bridgehead atoms. The van der Waals surface area contributed by atoms with Crippen LogP contribution in [0.15, 0.2) is 66.7 Å². The molecule has 0 unspecified atom stereocenters. The molecule has 0 fully saturated rings. The average molecular weight is 247 g/mol. The standard InChI is InChI=1S/C17H13NO/c19-12-18-17-9-7-14(8-10-17)16-6-5-13-3-1-2-4-15(13)11-16/h1-12H,(H,18,19). The zero-order valence-corrected chi connectivity index (χ0v) is 10.3. The summed E-state index contributed by atoms with van der Waals surface area (Å²) in [5.74, 6) is 0. The number of hydrogen-bond donors (Lipinski definition) is 1. The number of benzene rings is 3. The van der Waals surface area contributed by atoms with Crippen LogP contribution in [0.1, 0.15) is 0 Å². The van der Waals surface area contributed by atoms with Gasteiger partial charge in [0.05, 0.1) is 0 Å². The Balaban J connectivity index is 2.01. The Morgan fingerprint density at radius 2 is 1.42 bits per heavy atom. The SMILES string of the molecule is O=CNc1ccc(-c2ccc3ccccc3c2)cc1. The fourth-order valence-corrected chi connectivity index (χ4v) is 2.20. The van der Waals surface area contributed by atoms with E-state index in [1.54, 1.807) is 0 Å². The molecule has 0 spiro atoms. The van der Waals surface area contributed by atoms with Crippen LogP contribution in [0.25, 0.3) is 21.9 Å². The van der Waals surface area contributed by atoms with E-state index in [0.29, 0.717) is 6.41 Å². The van der Waals surface area contributed by atoms with Gasteiger partial charge in [-0.2, -0.15) is 0 Å². The highest BCUT2D eigenvalue weighted by molar-refractivity contribution is 5.87. The molecule has 0 radical (unpaired) electrons. The topological polar surface area (TPSA) is 29.1 Å². The van der Waals surface area contributed by atoms with E-state index < -0.39 is 0 Å². The Morgan fingerprint density at radius 1 is 0.737 bits per heavy atom. The van der Waals surface area contributed by atoms with Gasteiger partial charge in [0.1, 0.15) is 0 Å². The summed E-state index contributed by atoms with van der Waals surface area (Å²) < 4.78 is 0. The van der Waals surface area contributed by atoms with Gasteiger partial charge >= 0.3 is 0 Å². The molecule has 3 rings (SSSR count). The lowest BCUT2D eigenvalue weighted by molar-refractivity contribution is -0.105. The number of carbonyl (C=O) groups is 1. The molecule has 3 aromatic carbocycles. The van der Waals surface area contributed by atoms with Crippen molar-refractivity contribution in [1.82, 2.24) is 0 Å². The van der Waals surface area contributed by atoms with E-state index in [2.05, 4.69) is 35.6 Å².